The van der Waals surface area contributed by atoms with E-state index in [1.807, 2.05) is 0 Å². The number of hydrogen-bond donors (Lipinski definition) is 0. The highest BCUT2D eigenvalue weighted by atomic mass is 28.4. The van der Waals surface area contributed by atoms with Crippen LogP contribution in [0.5, 0.6) is 0 Å². The van der Waals surface area contributed by atoms with Gasteiger partial charge in [0.25, 0.3) is 0 Å². The quantitative estimate of drug-likeness (QED) is 0.182. The van der Waals surface area contributed by atoms with Crippen molar-refractivity contribution in [2.24, 2.45) is 0 Å². The molecule has 0 saturated heterocycles. The predicted octanol–water partition coefficient (Wildman–Crippen LogP) is 9.17. The summed E-state index contributed by atoms with van der Waals surface area (Å²) in [6, 6.07) is 18.8. The molecular weight excluding hydrogens is 396 g/mol. The highest BCUT2D eigenvalue weighted by Gasteiger charge is 2.40. The lowest BCUT2D eigenvalue weighted by Gasteiger charge is -2.41. The Morgan fingerprint density at radius 3 is 1.87 bits per heavy atom. The molecule has 0 aliphatic carbocycles. The Labute approximate surface area is 190 Å². The van der Waals surface area contributed by atoms with Crippen molar-refractivity contribution in [1.29, 1.82) is 0 Å². The number of aryl methyl sites for hydroxylation is 1. The Morgan fingerprint density at radius 2 is 1.40 bits per heavy atom. The van der Waals surface area contributed by atoms with Crippen molar-refractivity contribution in [1.82, 2.24) is 0 Å². The van der Waals surface area contributed by atoms with Gasteiger partial charge < -0.3 is 4.43 Å². The van der Waals surface area contributed by atoms with E-state index >= 15 is 0 Å². The minimum absolute atomic E-state index is 0.333. The molecule has 1 unspecified atom stereocenters. The standard InChI is InChI=1S/C27H50OSi2/c1-8-15-17-22-27(29(9-2,10-3)11-4)26(28-30(12-5,13-6)14-7)24-23-25-20-18-16-19-21-25/h16,18-22,26H,8-15,17,23-24H2,1-7H3/b27-22-. The van der Waals surface area contributed by atoms with Gasteiger partial charge in [-0.05, 0) is 43.0 Å². The lowest BCUT2D eigenvalue weighted by Crippen LogP contribution is -2.47. The molecule has 0 fully saturated rings. The molecule has 1 nitrogen and oxygen atoms in total. The first-order valence-electron chi connectivity index (χ1n) is 12.9. The van der Waals surface area contributed by atoms with Gasteiger partial charge in [0.2, 0.25) is 0 Å². The average molecular weight is 447 g/mol. The third-order valence-electron chi connectivity index (χ3n) is 7.77. The van der Waals surface area contributed by atoms with E-state index < -0.39 is 16.4 Å². The molecule has 0 saturated carbocycles. The van der Waals surface area contributed by atoms with E-state index in [2.05, 4.69) is 84.9 Å². The van der Waals surface area contributed by atoms with Crippen LogP contribution in [0, 0.1) is 0 Å². The smallest absolute Gasteiger partial charge is 0.192 e. The fraction of sp³-hybridized carbons (Fsp3) is 0.704. The first-order valence-corrected chi connectivity index (χ1v) is 18.1. The maximum atomic E-state index is 7.32. The van der Waals surface area contributed by atoms with Crippen molar-refractivity contribution in [3.8, 4) is 0 Å². The molecule has 30 heavy (non-hydrogen) atoms. The van der Waals surface area contributed by atoms with Crippen LogP contribution in [0.15, 0.2) is 41.6 Å². The molecule has 0 radical (unpaired) electrons. The first-order chi connectivity index (χ1) is 14.5. The SMILES string of the molecule is CCCC/C=C(/C(CCc1ccccc1)O[Si](CC)(CC)CC)[Si](CC)(CC)CC. The van der Waals surface area contributed by atoms with Gasteiger partial charge in [-0.15, -0.1) is 0 Å². The van der Waals surface area contributed by atoms with E-state index in [-0.39, 0.29) is 0 Å². The zero-order valence-electron chi connectivity index (χ0n) is 21.2. The van der Waals surface area contributed by atoms with Gasteiger partial charge in [-0.1, -0.05) is 121 Å². The third kappa shape index (κ3) is 7.49. The summed E-state index contributed by atoms with van der Waals surface area (Å²) in [6.45, 7) is 16.8. The Bertz CT molecular complexity index is 572. The molecule has 0 amide bonds. The second kappa shape index (κ2) is 14.4. The van der Waals surface area contributed by atoms with Gasteiger partial charge in [0.05, 0.1) is 14.2 Å². The van der Waals surface area contributed by atoms with Gasteiger partial charge in [0, 0.05) is 0 Å². The molecule has 1 rings (SSSR count). The van der Waals surface area contributed by atoms with Gasteiger partial charge >= 0.3 is 0 Å². The number of unbranched alkanes of at least 4 members (excludes halogenated alkanes) is 2. The molecular formula is C27H50OSi2. The molecule has 0 aliphatic rings. The molecule has 0 bridgehead atoms. The van der Waals surface area contributed by atoms with Gasteiger partial charge in [-0.25, -0.2) is 0 Å². The molecule has 3 heteroatoms. The van der Waals surface area contributed by atoms with Crippen LogP contribution in [-0.4, -0.2) is 22.5 Å². The largest absolute Gasteiger partial charge is 0.411 e. The minimum atomic E-state index is -1.66. The summed E-state index contributed by atoms with van der Waals surface area (Å²) in [5, 5.41) is 1.77. The molecule has 1 aromatic rings. The minimum Gasteiger partial charge on any atom is -0.411 e. The van der Waals surface area contributed by atoms with Crippen molar-refractivity contribution < 1.29 is 4.43 Å². The number of allylic oxidation sites excluding steroid dienone is 1. The number of benzene rings is 1. The fourth-order valence-corrected chi connectivity index (χ4v) is 12.2. The normalized spacial score (nSPS) is 14.2. The molecule has 0 heterocycles. The number of hydrogen-bond acceptors (Lipinski definition) is 1. The van der Waals surface area contributed by atoms with Crippen molar-refractivity contribution in [2.45, 2.75) is 123 Å². The lowest BCUT2D eigenvalue weighted by atomic mass is 10.1. The van der Waals surface area contributed by atoms with Crippen LogP contribution in [-0.2, 0) is 10.8 Å². The van der Waals surface area contributed by atoms with Gasteiger partial charge in [0.1, 0.15) is 0 Å². The van der Waals surface area contributed by atoms with E-state index in [0.29, 0.717) is 6.10 Å². The van der Waals surface area contributed by atoms with E-state index in [9.17, 15) is 0 Å². The van der Waals surface area contributed by atoms with Crippen LogP contribution < -0.4 is 0 Å². The van der Waals surface area contributed by atoms with Crippen molar-refractivity contribution in [3.05, 3.63) is 47.2 Å². The molecule has 1 aromatic carbocycles. The summed E-state index contributed by atoms with van der Waals surface area (Å²) < 4.78 is 7.32. The summed E-state index contributed by atoms with van der Waals surface area (Å²) >= 11 is 0. The summed E-state index contributed by atoms with van der Waals surface area (Å²) in [5.41, 5.74) is 1.45. The van der Waals surface area contributed by atoms with Crippen molar-refractivity contribution >= 4 is 16.4 Å². The summed E-state index contributed by atoms with van der Waals surface area (Å²) in [4.78, 5) is 0. The van der Waals surface area contributed by atoms with Crippen LogP contribution in [0.4, 0.5) is 0 Å². The second-order valence-electron chi connectivity index (χ2n) is 9.02. The summed E-state index contributed by atoms with van der Waals surface area (Å²) in [5.74, 6) is 0. The van der Waals surface area contributed by atoms with Gasteiger partial charge in [-0.3, -0.25) is 0 Å². The van der Waals surface area contributed by atoms with Crippen LogP contribution in [0.1, 0.15) is 79.7 Å². The van der Waals surface area contributed by atoms with Crippen LogP contribution in [0.3, 0.4) is 0 Å². The molecule has 0 aliphatic heterocycles. The highest BCUT2D eigenvalue weighted by Crippen LogP contribution is 2.37. The van der Waals surface area contributed by atoms with Crippen LogP contribution in [0.25, 0.3) is 0 Å². The maximum absolute atomic E-state index is 7.32. The zero-order valence-corrected chi connectivity index (χ0v) is 23.2. The third-order valence-corrected chi connectivity index (χ3v) is 18.2. The van der Waals surface area contributed by atoms with Crippen molar-refractivity contribution in [2.75, 3.05) is 0 Å². The van der Waals surface area contributed by atoms with Gasteiger partial charge in [0.15, 0.2) is 8.32 Å². The summed E-state index contributed by atoms with van der Waals surface area (Å²) in [6.07, 6.45) is 9.07. The molecule has 0 aromatic heterocycles. The Hall–Kier alpha value is -0.646. The highest BCUT2D eigenvalue weighted by molar-refractivity contribution is 6.86. The Balaban J connectivity index is 3.35. The monoisotopic (exact) mass is 446 g/mol. The van der Waals surface area contributed by atoms with E-state index in [4.69, 9.17) is 4.43 Å². The first kappa shape index (κ1) is 27.4. The maximum Gasteiger partial charge on any atom is 0.192 e. The second-order valence-corrected chi connectivity index (χ2v) is 19.0. The lowest BCUT2D eigenvalue weighted by molar-refractivity contribution is 0.216. The Kier molecular flexibility index (Phi) is 13.2. The predicted molar refractivity (Wildman–Crippen MR) is 142 cm³/mol. The molecule has 0 spiro atoms. The van der Waals surface area contributed by atoms with E-state index in [1.54, 1.807) is 5.20 Å². The van der Waals surface area contributed by atoms with E-state index in [1.165, 1.54) is 61.1 Å². The Morgan fingerprint density at radius 1 is 0.833 bits per heavy atom. The van der Waals surface area contributed by atoms with Crippen LogP contribution in [0.2, 0.25) is 36.3 Å². The topological polar surface area (TPSA) is 9.23 Å². The van der Waals surface area contributed by atoms with Crippen LogP contribution >= 0.6 is 0 Å². The number of rotatable bonds is 16. The average Bonchev–Trinajstić information content (AvgIpc) is 2.81. The fourth-order valence-electron chi connectivity index (χ4n) is 5.04. The summed E-state index contributed by atoms with van der Waals surface area (Å²) in [7, 11) is -3.14. The molecule has 172 valence electrons. The molecule has 0 N–H and O–H groups in total. The van der Waals surface area contributed by atoms with E-state index in [0.717, 1.165) is 12.8 Å². The van der Waals surface area contributed by atoms with Gasteiger partial charge in [-0.2, -0.15) is 0 Å². The van der Waals surface area contributed by atoms with Crippen molar-refractivity contribution in [3.63, 3.8) is 0 Å². The zero-order chi connectivity index (χ0) is 22.5. The molecule has 1 atom stereocenters.